The molecule has 0 unspecified atom stereocenters. The molecule has 1 aliphatic carbocycles. The summed E-state index contributed by atoms with van der Waals surface area (Å²) in [6.45, 7) is 9.35. The monoisotopic (exact) mass is 509 g/mol. The van der Waals surface area contributed by atoms with E-state index in [4.69, 9.17) is 0 Å². The SMILES string of the molecule is CC(C)c1cccc(C(C)C)c1NC(=O)NCC1(c2cn(C)c3ccc(Br)cc23)CCCC1. The minimum Gasteiger partial charge on any atom is -0.350 e. The summed E-state index contributed by atoms with van der Waals surface area (Å²) in [5, 5.41) is 7.77. The quantitative estimate of drug-likeness (QED) is 0.349. The summed E-state index contributed by atoms with van der Waals surface area (Å²) in [7, 11) is 2.11. The lowest BCUT2D eigenvalue weighted by Crippen LogP contribution is -2.41. The van der Waals surface area contributed by atoms with E-state index in [1.54, 1.807) is 0 Å². The Kier molecular flexibility index (Phi) is 6.90. The number of aromatic nitrogens is 1. The Labute approximate surface area is 206 Å². The number of nitrogens with zero attached hydrogens (tertiary/aromatic N) is 1. The van der Waals surface area contributed by atoms with Crippen molar-refractivity contribution in [2.24, 2.45) is 7.05 Å². The van der Waals surface area contributed by atoms with E-state index in [2.05, 4.69) is 108 Å². The summed E-state index contributed by atoms with van der Waals surface area (Å²) in [5.41, 5.74) is 5.89. The molecule has 0 radical (unpaired) electrons. The van der Waals surface area contributed by atoms with Crippen LogP contribution in [0.1, 0.15) is 81.9 Å². The minimum absolute atomic E-state index is 0.0317. The van der Waals surface area contributed by atoms with Gasteiger partial charge in [-0.3, -0.25) is 0 Å². The summed E-state index contributed by atoms with van der Waals surface area (Å²) in [5.74, 6) is 0.684. The Balaban J connectivity index is 1.60. The van der Waals surface area contributed by atoms with Gasteiger partial charge in [0, 0.05) is 46.3 Å². The molecule has 1 aliphatic rings. The van der Waals surface area contributed by atoms with Crippen LogP contribution in [0.3, 0.4) is 0 Å². The zero-order chi connectivity index (χ0) is 23.8. The van der Waals surface area contributed by atoms with Crippen molar-refractivity contribution >= 4 is 38.6 Å². The molecule has 176 valence electrons. The number of carbonyl (C=O) groups excluding carboxylic acids is 1. The van der Waals surface area contributed by atoms with Crippen molar-refractivity contribution in [2.75, 3.05) is 11.9 Å². The molecule has 0 saturated heterocycles. The molecule has 33 heavy (non-hydrogen) atoms. The van der Waals surface area contributed by atoms with Crippen LogP contribution >= 0.6 is 15.9 Å². The molecule has 1 aromatic heterocycles. The first-order chi connectivity index (χ1) is 15.7. The van der Waals surface area contributed by atoms with E-state index in [9.17, 15) is 4.79 Å². The molecular weight excluding hydrogens is 474 g/mol. The molecule has 2 amide bonds. The van der Waals surface area contributed by atoms with Crippen LogP contribution in [-0.2, 0) is 12.5 Å². The first-order valence-electron chi connectivity index (χ1n) is 12.1. The zero-order valence-corrected chi connectivity index (χ0v) is 22.1. The molecule has 3 aromatic rings. The van der Waals surface area contributed by atoms with Crippen molar-refractivity contribution in [1.82, 2.24) is 9.88 Å². The highest BCUT2D eigenvalue weighted by Crippen LogP contribution is 2.44. The largest absolute Gasteiger partial charge is 0.350 e. The number of nitrogens with one attached hydrogen (secondary N) is 2. The highest BCUT2D eigenvalue weighted by Gasteiger charge is 2.38. The average molecular weight is 511 g/mol. The number of rotatable bonds is 6. The number of benzene rings is 2. The number of para-hydroxylation sites is 1. The fraction of sp³-hybridized carbons (Fsp3) is 0.464. The summed E-state index contributed by atoms with van der Waals surface area (Å²) < 4.78 is 3.30. The minimum atomic E-state index is -0.113. The predicted octanol–water partition coefficient (Wildman–Crippen LogP) is 7.82. The summed E-state index contributed by atoms with van der Waals surface area (Å²) in [6, 6.07) is 12.7. The first kappa shape index (κ1) is 23.9. The highest BCUT2D eigenvalue weighted by molar-refractivity contribution is 9.10. The Bertz CT molecular complexity index is 1130. The van der Waals surface area contributed by atoms with Gasteiger partial charge in [0.25, 0.3) is 0 Å². The molecule has 5 heteroatoms. The Hall–Kier alpha value is -2.27. The second-order valence-corrected chi connectivity index (χ2v) is 11.1. The van der Waals surface area contributed by atoms with Gasteiger partial charge in [-0.05, 0) is 59.6 Å². The molecule has 4 rings (SSSR count). The third kappa shape index (κ3) is 4.70. The van der Waals surface area contributed by atoms with Crippen LogP contribution in [-0.4, -0.2) is 17.1 Å². The van der Waals surface area contributed by atoms with Gasteiger partial charge in [-0.1, -0.05) is 74.7 Å². The van der Waals surface area contributed by atoms with Gasteiger partial charge >= 0.3 is 6.03 Å². The van der Waals surface area contributed by atoms with Gasteiger partial charge in [-0.15, -0.1) is 0 Å². The third-order valence-electron chi connectivity index (χ3n) is 7.28. The van der Waals surface area contributed by atoms with Crippen molar-refractivity contribution in [1.29, 1.82) is 0 Å². The fourth-order valence-electron chi connectivity index (χ4n) is 5.48. The van der Waals surface area contributed by atoms with Crippen molar-refractivity contribution < 1.29 is 4.79 Å². The topological polar surface area (TPSA) is 46.1 Å². The van der Waals surface area contributed by atoms with E-state index >= 15 is 0 Å². The number of urea groups is 1. The number of hydrogen-bond acceptors (Lipinski definition) is 1. The number of halogens is 1. The standard InChI is InChI=1S/C28H36BrN3O/c1-18(2)21-9-8-10-22(19(3)4)26(21)31-27(33)30-17-28(13-6-7-14-28)24-16-32(5)25-12-11-20(29)15-23(24)25/h8-12,15-16,18-19H,6-7,13-14,17H2,1-5H3,(H2,30,31,33). The van der Waals surface area contributed by atoms with Crippen LogP contribution in [0, 0.1) is 0 Å². The van der Waals surface area contributed by atoms with E-state index < -0.39 is 0 Å². The number of carbonyl (C=O) groups is 1. The molecule has 1 heterocycles. The summed E-state index contributed by atoms with van der Waals surface area (Å²) in [4.78, 5) is 13.2. The maximum absolute atomic E-state index is 13.2. The lowest BCUT2D eigenvalue weighted by molar-refractivity contribution is 0.248. The maximum Gasteiger partial charge on any atom is 0.319 e. The summed E-state index contributed by atoms with van der Waals surface area (Å²) in [6.07, 6.45) is 6.85. The van der Waals surface area contributed by atoms with Gasteiger partial charge in [-0.25, -0.2) is 4.79 Å². The molecule has 1 fully saturated rings. The molecule has 0 atom stereocenters. The predicted molar refractivity (Wildman–Crippen MR) is 142 cm³/mol. The molecule has 2 N–H and O–H groups in total. The number of amides is 2. The number of fused-ring (bicyclic) bond motifs is 1. The zero-order valence-electron chi connectivity index (χ0n) is 20.5. The van der Waals surface area contributed by atoms with Crippen molar-refractivity contribution in [3.8, 4) is 0 Å². The van der Waals surface area contributed by atoms with Gasteiger partial charge in [0.1, 0.15) is 0 Å². The fourth-order valence-corrected chi connectivity index (χ4v) is 5.84. The second-order valence-electron chi connectivity index (χ2n) is 10.2. The molecule has 0 aliphatic heterocycles. The van der Waals surface area contributed by atoms with E-state index in [0.717, 1.165) is 23.0 Å². The van der Waals surface area contributed by atoms with Crippen LogP contribution in [0.5, 0.6) is 0 Å². The van der Waals surface area contributed by atoms with E-state index in [-0.39, 0.29) is 11.4 Å². The lowest BCUT2D eigenvalue weighted by Gasteiger charge is -2.30. The number of anilines is 1. The molecular formula is C28H36BrN3O. The van der Waals surface area contributed by atoms with Crippen LogP contribution in [0.25, 0.3) is 10.9 Å². The average Bonchev–Trinajstić information content (AvgIpc) is 3.37. The Morgan fingerprint density at radius 2 is 1.70 bits per heavy atom. The molecule has 0 bridgehead atoms. The first-order valence-corrected chi connectivity index (χ1v) is 12.9. The molecule has 0 spiro atoms. The van der Waals surface area contributed by atoms with Crippen LogP contribution in [0.15, 0.2) is 47.1 Å². The molecule has 4 nitrogen and oxygen atoms in total. The van der Waals surface area contributed by atoms with Gasteiger partial charge < -0.3 is 15.2 Å². The number of aryl methyl sites for hydroxylation is 1. The van der Waals surface area contributed by atoms with Gasteiger partial charge in [0.05, 0.1) is 0 Å². The third-order valence-corrected chi connectivity index (χ3v) is 7.78. The Morgan fingerprint density at radius 3 is 2.30 bits per heavy atom. The smallest absolute Gasteiger partial charge is 0.319 e. The Morgan fingerprint density at radius 1 is 1.06 bits per heavy atom. The van der Waals surface area contributed by atoms with E-state index in [0.29, 0.717) is 18.4 Å². The maximum atomic E-state index is 13.2. The van der Waals surface area contributed by atoms with Crippen molar-refractivity contribution in [2.45, 2.75) is 70.6 Å². The summed E-state index contributed by atoms with van der Waals surface area (Å²) >= 11 is 3.65. The normalized spacial score (nSPS) is 15.5. The van der Waals surface area contributed by atoms with Crippen molar-refractivity contribution in [3.63, 3.8) is 0 Å². The second kappa shape index (κ2) is 9.54. The van der Waals surface area contributed by atoms with Crippen LogP contribution < -0.4 is 10.6 Å². The highest BCUT2D eigenvalue weighted by atomic mass is 79.9. The van der Waals surface area contributed by atoms with Gasteiger partial charge in [0.2, 0.25) is 0 Å². The van der Waals surface area contributed by atoms with E-state index in [1.165, 1.54) is 40.4 Å². The molecule has 1 saturated carbocycles. The van der Waals surface area contributed by atoms with Crippen LogP contribution in [0.2, 0.25) is 0 Å². The van der Waals surface area contributed by atoms with Crippen molar-refractivity contribution in [3.05, 3.63) is 63.8 Å². The van der Waals surface area contributed by atoms with Gasteiger partial charge in [-0.2, -0.15) is 0 Å². The lowest BCUT2D eigenvalue weighted by atomic mass is 9.78. The van der Waals surface area contributed by atoms with Crippen LogP contribution in [0.4, 0.5) is 10.5 Å². The number of hydrogen-bond donors (Lipinski definition) is 2. The molecule has 2 aromatic carbocycles. The van der Waals surface area contributed by atoms with Gasteiger partial charge in [0.15, 0.2) is 0 Å². The van der Waals surface area contributed by atoms with E-state index in [1.807, 2.05) is 0 Å².